The van der Waals surface area contributed by atoms with Crippen LogP contribution < -0.4 is 5.32 Å². The summed E-state index contributed by atoms with van der Waals surface area (Å²) in [6.07, 6.45) is 2.43. The molecule has 4 nitrogen and oxygen atoms in total. The summed E-state index contributed by atoms with van der Waals surface area (Å²) in [5.74, 6) is 0.804. The Morgan fingerprint density at radius 1 is 1.37 bits per heavy atom. The normalized spacial score (nSPS) is 20.9. The van der Waals surface area contributed by atoms with Gasteiger partial charge in [-0.2, -0.15) is 0 Å². The minimum Gasteiger partial charge on any atom is -0.360 e. The van der Waals surface area contributed by atoms with Crippen molar-refractivity contribution < 1.29 is 0 Å². The van der Waals surface area contributed by atoms with E-state index in [1.807, 2.05) is 0 Å². The van der Waals surface area contributed by atoms with Crippen molar-refractivity contribution in [3.63, 3.8) is 0 Å². The van der Waals surface area contributed by atoms with Gasteiger partial charge in [-0.3, -0.25) is 4.90 Å². The zero-order valence-electron chi connectivity index (χ0n) is 12.6. The zero-order chi connectivity index (χ0) is 13.9. The van der Waals surface area contributed by atoms with Gasteiger partial charge in [-0.1, -0.05) is 39.0 Å². The second-order valence-electron chi connectivity index (χ2n) is 6.51. The molecular formula is C14H26N4S. The van der Waals surface area contributed by atoms with E-state index in [4.69, 9.17) is 0 Å². The second kappa shape index (κ2) is 6.18. The predicted molar refractivity (Wildman–Crippen MR) is 81.5 cm³/mol. The second-order valence-corrected chi connectivity index (χ2v) is 7.58. The molecule has 19 heavy (non-hydrogen) atoms. The van der Waals surface area contributed by atoms with Gasteiger partial charge in [0.1, 0.15) is 5.01 Å². The summed E-state index contributed by atoms with van der Waals surface area (Å²) in [6.45, 7) is 13.5. The fourth-order valence-electron chi connectivity index (χ4n) is 2.50. The molecule has 2 rings (SSSR count). The van der Waals surface area contributed by atoms with Gasteiger partial charge in [0.25, 0.3) is 0 Å². The van der Waals surface area contributed by atoms with Gasteiger partial charge in [0.05, 0.1) is 6.54 Å². The highest BCUT2D eigenvalue weighted by molar-refractivity contribution is 7.15. The molecule has 108 valence electrons. The minimum atomic E-state index is 0.420. The third-order valence-corrected chi connectivity index (χ3v) is 4.71. The smallest absolute Gasteiger partial charge is 0.205 e. The topological polar surface area (TPSA) is 41.1 Å². The number of rotatable bonds is 5. The molecule has 0 spiro atoms. The lowest BCUT2D eigenvalue weighted by molar-refractivity contribution is 0.226. The van der Waals surface area contributed by atoms with E-state index in [0.29, 0.717) is 5.41 Å². The maximum atomic E-state index is 4.28. The van der Waals surface area contributed by atoms with E-state index in [0.717, 1.165) is 35.6 Å². The molecule has 1 atom stereocenters. The van der Waals surface area contributed by atoms with Crippen LogP contribution in [0.4, 0.5) is 5.13 Å². The summed E-state index contributed by atoms with van der Waals surface area (Å²) in [4.78, 5) is 2.51. The number of hydrogen-bond donors (Lipinski definition) is 1. The molecule has 1 unspecified atom stereocenters. The van der Waals surface area contributed by atoms with Gasteiger partial charge in [0, 0.05) is 13.1 Å². The molecule has 0 aliphatic carbocycles. The first kappa shape index (κ1) is 14.7. The van der Waals surface area contributed by atoms with Gasteiger partial charge in [-0.15, -0.1) is 10.2 Å². The Kier molecular flexibility index (Phi) is 4.79. The molecular weight excluding hydrogens is 256 g/mol. The average Bonchev–Trinajstić information content (AvgIpc) is 2.95. The van der Waals surface area contributed by atoms with Crippen molar-refractivity contribution in [2.45, 2.75) is 47.1 Å². The Morgan fingerprint density at radius 3 is 2.79 bits per heavy atom. The van der Waals surface area contributed by atoms with Crippen LogP contribution in [0.2, 0.25) is 0 Å². The fourth-order valence-corrected chi connectivity index (χ4v) is 3.30. The van der Waals surface area contributed by atoms with Gasteiger partial charge in [-0.05, 0) is 30.7 Å². The monoisotopic (exact) mass is 282 g/mol. The number of nitrogens with zero attached hydrogens (tertiary/aromatic N) is 3. The van der Waals surface area contributed by atoms with Crippen molar-refractivity contribution >= 4 is 16.5 Å². The van der Waals surface area contributed by atoms with E-state index in [9.17, 15) is 0 Å². The molecule has 5 heteroatoms. The van der Waals surface area contributed by atoms with Gasteiger partial charge >= 0.3 is 0 Å². The number of nitrogens with one attached hydrogen (secondary N) is 1. The lowest BCUT2D eigenvalue weighted by Crippen LogP contribution is -2.25. The number of aromatic nitrogens is 2. The maximum absolute atomic E-state index is 4.28. The first-order chi connectivity index (χ1) is 8.99. The molecule has 0 amide bonds. The fraction of sp³-hybridized carbons (Fsp3) is 0.857. The quantitative estimate of drug-likeness (QED) is 0.900. The highest BCUT2D eigenvalue weighted by Crippen LogP contribution is 2.34. The van der Waals surface area contributed by atoms with Crippen LogP contribution in [0.15, 0.2) is 0 Å². The highest BCUT2D eigenvalue weighted by Gasteiger charge is 2.31. The van der Waals surface area contributed by atoms with Crippen LogP contribution in [0, 0.1) is 11.3 Å². The first-order valence-corrected chi connectivity index (χ1v) is 8.09. The Bertz CT molecular complexity index is 396. The first-order valence-electron chi connectivity index (χ1n) is 7.27. The molecule has 1 aliphatic rings. The summed E-state index contributed by atoms with van der Waals surface area (Å²) in [5, 5.41) is 13.9. The number of likely N-dealkylation sites (tertiary alicyclic amines) is 1. The van der Waals surface area contributed by atoms with E-state index in [1.165, 1.54) is 19.5 Å². The molecule has 1 fully saturated rings. The van der Waals surface area contributed by atoms with Crippen LogP contribution in [0.1, 0.15) is 45.5 Å². The summed E-state index contributed by atoms with van der Waals surface area (Å²) in [7, 11) is 0. The summed E-state index contributed by atoms with van der Waals surface area (Å²) < 4.78 is 0. The highest BCUT2D eigenvalue weighted by atomic mass is 32.1. The van der Waals surface area contributed by atoms with E-state index in [2.05, 4.69) is 48.1 Å². The molecule has 0 saturated carbocycles. The zero-order valence-corrected chi connectivity index (χ0v) is 13.4. The Labute approximate surface area is 120 Å². The van der Waals surface area contributed by atoms with Crippen molar-refractivity contribution in [2.24, 2.45) is 11.3 Å². The van der Waals surface area contributed by atoms with Crippen LogP contribution in [0.3, 0.4) is 0 Å². The summed E-state index contributed by atoms with van der Waals surface area (Å²) >= 11 is 1.69. The van der Waals surface area contributed by atoms with Gasteiger partial charge < -0.3 is 5.32 Å². The van der Waals surface area contributed by atoms with Gasteiger partial charge in [0.15, 0.2) is 0 Å². The van der Waals surface area contributed by atoms with Crippen LogP contribution in [0.25, 0.3) is 0 Å². The molecule has 1 aromatic rings. The van der Waals surface area contributed by atoms with E-state index in [1.54, 1.807) is 11.3 Å². The van der Waals surface area contributed by atoms with Gasteiger partial charge in [0.2, 0.25) is 5.13 Å². The molecule has 0 bridgehead atoms. The minimum absolute atomic E-state index is 0.420. The summed E-state index contributed by atoms with van der Waals surface area (Å²) in [6, 6.07) is 0. The summed E-state index contributed by atoms with van der Waals surface area (Å²) in [5.41, 5.74) is 0.420. The number of anilines is 1. The Hall–Kier alpha value is -0.680. The van der Waals surface area contributed by atoms with Gasteiger partial charge in [-0.25, -0.2) is 0 Å². The predicted octanol–water partition coefficient (Wildman–Crippen LogP) is 3.23. The third-order valence-electron chi connectivity index (χ3n) is 3.85. The Morgan fingerprint density at radius 2 is 2.16 bits per heavy atom. The van der Waals surface area contributed by atoms with E-state index in [-0.39, 0.29) is 0 Å². The van der Waals surface area contributed by atoms with Crippen molar-refractivity contribution in [2.75, 3.05) is 25.0 Å². The molecule has 0 aromatic carbocycles. The molecule has 1 aromatic heterocycles. The standard InChI is InChI=1S/C14H26N4S/c1-5-7-15-13-17-16-12(19-13)10-18-8-6-11(9-18)14(2,3)4/h11H,5-10H2,1-4H3,(H,15,17). The Balaban J connectivity index is 1.84. The lowest BCUT2D eigenvalue weighted by Gasteiger charge is -2.26. The van der Waals surface area contributed by atoms with Crippen LogP contribution in [-0.4, -0.2) is 34.7 Å². The third kappa shape index (κ3) is 4.14. The molecule has 0 radical (unpaired) electrons. The SMILES string of the molecule is CCCNc1nnc(CN2CCC(C(C)(C)C)C2)s1. The molecule has 2 heterocycles. The van der Waals surface area contributed by atoms with E-state index >= 15 is 0 Å². The largest absolute Gasteiger partial charge is 0.360 e. The van der Waals surface area contributed by atoms with Crippen molar-refractivity contribution in [3.8, 4) is 0 Å². The van der Waals surface area contributed by atoms with Crippen molar-refractivity contribution in [1.29, 1.82) is 0 Å². The lowest BCUT2D eigenvalue weighted by atomic mass is 9.80. The number of hydrogen-bond acceptors (Lipinski definition) is 5. The van der Waals surface area contributed by atoms with Crippen LogP contribution in [0.5, 0.6) is 0 Å². The van der Waals surface area contributed by atoms with E-state index < -0.39 is 0 Å². The van der Waals surface area contributed by atoms with Crippen LogP contribution in [-0.2, 0) is 6.54 Å². The molecule has 1 N–H and O–H groups in total. The van der Waals surface area contributed by atoms with Crippen molar-refractivity contribution in [3.05, 3.63) is 5.01 Å². The molecule has 1 aliphatic heterocycles. The molecule has 1 saturated heterocycles. The van der Waals surface area contributed by atoms with Crippen molar-refractivity contribution in [1.82, 2.24) is 15.1 Å². The average molecular weight is 282 g/mol. The maximum Gasteiger partial charge on any atom is 0.205 e. The van der Waals surface area contributed by atoms with Crippen LogP contribution >= 0.6 is 11.3 Å².